The van der Waals surface area contributed by atoms with Gasteiger partial charge in [-0.25, -0.2) is 0 Å². The molecule has 0 heterocycles. The third kappa shape index (κ3) is 5.20. The average molecular weight is 372 g/mol. The third-order valence-electron chi connectivity index (χ3n) is 4.17. The molecule has 1 amide bonds. The van der Waals surface area contributed by atoms with E-state index in [0.29, 0.717) is 10.9 Å². The number of rotatable bonds is 4. The third-order valence-corrected chi connectivity index (χ3v) is 4.37. The summed E-state index contributed by atoms with van der Waals surface area (Å²) in [6.07, 6.45) is -0.661. The molecule has 0 spiro atoms. The lowest BCUT2D eigenvalue weighted by Crippen LogP contribution is -2.48. The minimum Gasteiger partial charge on any atom is -0.481 e. The molecule has 0 unspecified atom stereocenters. The van der Waals surface area contributed by atoms with Crippen LogP contribution in [0.3, 0.4) is 0 Å². The van der Waals surface area contributed by atoms with Crippen LogP contribution in [0.5, 0.6) is 5.75 Å². The molecule has 2 aromatic carbocycles. The number of amides is 1. The van der Waals surface area contributed by atoms with Crippen molar-refractivity contribution >= 4 is 28.9 Å². The maximum absolute atomic E-state index is 12.2. The summed E-state index contributed by atoms with van der Waals surface area (Å²) in [6, 6.07) is 11.8. The van der Waals surface area contributed by atoms with Crippen molar-refractivity contribution in [3.8, 4) is 5.75 Å². The lowest BCUT2D eigenvalue weighted by molar-refractivity contribution is -0.127. The number of thiocarbonyl (C=S) groups is 1. The Hall–Kier alpha value is -2.60. The molecule has 0 saturated carbocycles. The molecule has 0 bridgehead atoms. The maximum atomic E-state index is 12.2. The Morgan fingerprint density at radius 3 is 2.50 bits per heavy atom. The summed E-state index contributed by atoms with van der Waals surface area (Å²) in [7, 11) is 0. The Balaban J connectivity index is 1.88. The van der Waals surface area contributed by atoms with Crippen molar-refractivity contribution < 1.29 is 9.53 Å². The Morgan fingerprint density at radius 2 is 1.77 bits per heavy atom. The molecule has 0 aliphatic heterocycles. The standard InChI is InChI=1S/C20H25N3O2S/c1-12-9-10-14(3)17(11-12)21-20(26)23-22-19(24)16(5)25-18-8-6-7-13(2)15(18)4/h6-11,16H,1-5H3,(H,22,24)(H2,21,23,26)/t16-/m0/s1. The van der Waals surface area contributed by atoms with Crippen LogP contribution in [0.1, 0.15) is 29.2 Å². The summed E-state index contributed by atoms with van der Waals surface area (Å²) in [6.45, 7) is 9.67. The number of anilines is 1. The van der Waals surface area contributed by atoms with Crippen molar-refractivity contribution in [1.82, 2.24) is 10.9 Å². The van der Waals surface area contributed by atoms with Gasteiger partial charge in [-0.2, -0.15) is 0 Å². The van der Waals surface area contributed by atoms with Crippen LogP contribution in [0.15, 0.2) is 36.4 Å². The molecule has 0 saturated heterocycles. The largest absolute Gasteiger partial charge is 0.481 e. The van der Waals surface area contributed by atoms with Gasteiger partial charge in [-0.15, -0.1) is 0 Å². The Bertz CT molecular complexity index is 821. The minimum atomic E-state index is -0.661. The van der Waals surface area contributed by atoms with Crippen LogP contribution >= 0.6 is 12.2 Å². The first-order valence-electron chi connectivity index (χ1n) is 8.45. The SMILES string of the molecule is Cc1ccc(C)c(NC(=S)NNC(=O)[C@H](C)Oc2cccc(C)c2C)c1. The first kappa shape index (κ1) is 19.7. The summed E-state index contributed by atoms with van der Waals surface area (Å²) < 4.78 is 5.76. The van der Waals surface area contributed by atoms with Gasteiger partial charge in [0.15, 0.2) is 11.2 Å². The predicted molar refractivity (Wildman–Crippen MR) is 109 cm³/mol. The van der Waals surface area contributed by atoms with Gasteiger partial charge in [0.25, 0.3) is 5.91 Å². The van der Waals surface area contributed by atoms with Crippen LogP contribution in [0.2, 0.25) is 0 Å². The second-order valence-electron chi connectivity index (χ2n) is 6.34. The minimum absolute atomic E-state index is 0.309. The molecule has 1 atom stereocenters. The van der Waals surface area contributed by atoms with Crippen molar-refractivity contribution in [1.29, 1.82) is 0 Å². The molecule has 2 rings (SSSR count). The molecule has 0 aromatic heterocycles. The van der Waals surface area contributed by atoms with Gasteiger partial charge < -0.3 is 10.1 Å². The lowest BCUT2D eigenvalue weighted by Gasteiger charge is -2.18. The molecule has 5 nitrogen and oxygen atoms in total. The highest BCUT2D eigenvalue weighted by Gasteiger charge is 2.16. The zero-order valence-corrected chi connectivity index (χ0v) is 16.6. The van der Waals surface area contributed by atoms with E-state index in [0.717, 1.165) is 27.9 Å². The van der Waals surface area contributed by atoms with E-state index in [9.17, 15) is 4.79 Å². The first-order chi connectivity index (χ1) is 12.3. The number of benzene rings is 2. The van der Waals surface area contributed by atoms with Gasteiger partial charge in [-0.1, -0.05) is 24.3 Å². The summed E-state index contributed by atoms with van der Waals surface area (Å²) >= 11 is 5.23. The van der Waals surface area contributed by atoms with Crippen LogP contribution < -0.4 is 20.9 Å². The van der Waals surface area contributed by atoms with E-state index in [1.165, 1.54) is 0 Å². The van der Waals surface area contributed by atoms with E-state index in [1.54, 1.807) is 6.92 Å². The molecule has 0 aliphatic carbocycles. The molecule has 0 aliphatic rings. The van der Waals surface area contributed by atoms with Crippen LogP contribution in [0.4, 0.5) is 5.69 Å². The summed E-state index contributed by atoms with van der Waals surface area (Å²) in [4.78, 5) is 12.2. The molecule has 2 aromatic rings. The number of hydrogen-bond donors (Lipinski definition) is 3. The average Bonchev–Trinajstić information content (AvgIpc) is 2.60. The summed E-state index contributed by atoms with van der Waals surface area (Å²) in [5, 5.41) is 3.39. The zero-order chi connectivity index (χ0) is 19.3. The van der Waals surface area contributed by atoms with Gasteiger partial charge in [0, 0.05) is 5.69 Å². The quantitative estimate of drug-likeness (QED) is 0.565. The highest BCUT2D eigenvalue weighted by Crippen LogP contribution is 2.21. The molecule has 138 valence electrons. The fourth-order valence-corrected chi connectivity index (χ4v) is 2.50. The van der Waals surface area contributed by atoms with E-state index in [-0.39, 0.29) is 5.91 Å². The van der Waals surface area contributed by atoms with Crippen LogP contribution in [-0.4, -0.2) is 17.1 Å². The fraction of sp³-hybridized carbons (Fsp3) is 0.300. The Kier molecular flexibility index (Phi) is 6.58. The van der Waals surface area contributed by atoms with Crippen LogP contribution in [-0.2, 0) is 4.79 Å². The lowest BCUT2D eigenvalue weighted by atomic mass is 10.1. The number of carbonyl (C=O) groups is 1. The monoisotopic (exact) mass is 371 g/mol. The highest BCUT2D eigenvalue weighted by molar-refractivity contribution is 7.80. The van der Waals surface area contributed by atoms with Gasteiger partial charge in [-0.3, -0.25) is 15.6 Å². The number of carbonyl (C=O) groups excluding carboxylic acids is 1. The summed E-state index contributed by atoms with van der Waals surface area (Å²) in [5.74, 6) is 0.389. The molecule has 3 N–H and O–H groups in total. The zero-order valence-electron chi connectivity index (χ0n) is 15.8. The predicted octanol–water partition coefficient (Wildman–Crippen LogP) is 3.71. The number of hydrazine groups is 1. The van der Waals surface area contributed by atoms with E-state index in [1.807, 2.05) is 64.1 Å². The van der Waals surface area contributed by atoms with Gasteiger partial charge in [0.1, 0.15) is 5.75 Å². The van der Waals surface area contributed by atoms with Crippen LogP contribution in [0.25, 0.3) is 0 Å². The molecule has 6 heteroatoms. The maximum Gasteiger partial charge on any atom is 0.279 e. The number of aryl methyl sites for hydroxylation is 3. The molecule has 0 radical (unpaired) electrons. The molecule has 0 fully saturated rings. The van der Waals surface area contributed by atoms with Crippen molar-refractivity contribution in [3.63, 3.8) is 0 Å². The Labute approximate surface area is 160 Å². The molecule has 26 heavy (non-hydrogen) atoms. The van der Waals surface area contributed by atoms with Gasteiger partial charge >= 0.3 is 0 Å². The topological polar surface area (TPSA) is 62.4 Å². The molecular formula is C20H25N3O2S. The Morgan fingerprint density at radius 1 is 1.04 bits per heavy atom. The van der Waals surface area contributed by atoms with Crippen LogP contribution in [0, 0.1) is 27.7 Å². The van der Waals surface area contributed by atoms with E-state index in [2.05, 4.69) is 16.2 Å². The fourth-order valence-electron chi connectivity index (χ4n) is 2.34. The van der Waals surface area contributed by atoms with Crippen molar-refractivity contribution in [2.45, 2.75) is 40.7 Å². The second kappa shape index (κ2) is 8.67. The normalized spacial score (nSPS) is 11.4. The van der Waals surface area contributed by atoms with Gasteiger partial charge in [-0.05, 0) is 81.2 Å². The van der Waals surface area contributed by atoms with Crippen molar-refractivity contribution in [2.24, 2.45) is 0 Å². The highest BCUT2D eigenvalue weighted by atomic mass is 32.1. The molecular weight excluding hydrogens is 346 g/mol. The van der Waals surface area contributed by atoms with E-state index < -0.39 is 6.10 Å². The number of ether oxygens (including phenoxy) is 1. The van der Waals surface area contributed by atoms with Crippen molar-refractivity contribution in [3.05, 3.63) is 58.7 Å². The van der Waals surface area contributed by atoms with Gasteiger partial charge in [0.2, 0.25) is 0 Å². The van der Waals surface area contributed by atoms with E-state index in [4.69, 9.17) is 17.0 Å². The smallest absolute Gasteiger partial charge is 0.279 e. The van der Waals surface area contributed by atoms with E-state index >= 15 is 0 Å². The summed E-state index contributed by atoms with van der Waals surface area (Å²) in [5.41, 5.74) is 10.5. The van der Waals surface area contributed by atoms with Gasteiger partial charge in [0.05, 0.1) is 0 Å². The number of hydrogen-bond acceptors (Lipinski definition) is 3. The second-order valence-corrected chi connectivity index (χ2v) is 6.75. The number of nitrogens with one attached hydrogen (secondary N) is 3. The first-order valence-corrected chi connectivity index (χ1v) is 8.85. The van der Waals surface area contributed by atoms with Crippen molar-refractivity contribution in [2.75, 3.05) is 5.32 Å².